The van der Waals surface area contributed by atoms with Crippen molar-refractivity contribution in [3.8, 4) is 0 Å². The molecule has 1 unspecified atom stereocenters. The molecule has 2 nitrogen and oxygen atoms in total. The fraction of sp³-hybridized carbons (Fsp3) is 1.00. The van der Waals surface area contributed by atoms with Gasteiger partial charge in [-0.2, -0.15) is 0 Å². The van der Waals surface area contributed by atoms with Gasteiger partial charge < -0.3 is 4.67 Å². The third kappa shape index (κ3) is 4.52. The maximum Gasteiger partial charge on any atom is 0.292 e. The quantitative estimate of drug-likeness (QED) is 0.604. The molecule has 0 aliphatic carbocycles. The van der Waals surface area contributed by atoms with Gasteiger partial charge in [0.2, 0.25) is 0 Å². The summed E-state index contributed by atoms with van der Waals surface area (Å²) < 4.78 is 4.60. The van der Waals surface area contributed by atoms with Crippen LogP contribution in [0.4, 0.5) is 0 Å². The van der Waals surface area contributed by atoms with E-state index in [4.69, 9.17) is 0 Å². The number of nitrogens with one attached hydrogen (secondary N) is 1. The highest BCUT2D eigenvalue weighted by molar-refractivity contribution is 6.89. The molecule has 0 bridgehead atoms. The highest BCUT2D eigenvalue weighted by Gasteiger charge is 2.45. The van der Waals surface area contributed by atoms with Gasteiger partial charge in [-0.3, -0.25) is 0 Å². The normalized spacial score (nSPS) is 17.0. The minimum Gasteiger partial charge on any atom is -0.329 e. The molecule has 0 fully saturated rings. The molecule has 0 spiro atoms. The zero-order valence-electron chi connectivity index (χ0n) is 12.4. The molecule has 0 aliphatic rings. The first-order chi connectivity index (χ1) is 6.28. The molecule has 1 N–H and O–H groups in total. The van der Waals surface area contributed by atoms with Crippen molar-refractivity contribution in [2.45, 2.75) is 58.9 Å². The Hall–Kier alpha value is 0.571. The van der Waals surface area contributed by atoms with E-state index in [1.54, 1.807) is 4.67 Å². The Bertz CT molecular complexity index is 196. The summed E-state index contributed by atoms with van der Waals surface area (Å²) in [5.74, 6) is 0. The predicted molar refractivity (Wildman–Crippen MR) is 78.8 cm³/mol. The molecule has 1 atom stereocenters. The Morgan fingerprint density at radius 3 is 1.00 bits per heavy atom. The lowest BCUT2D eigenvalue weighted by atomic mass is 11.5. The Kier molecular flexibility index (Phi) is 4.61. The Morgan fingerprint density at radius 2 is 0.933 bits per heavy atom. The molecule has 15 heavy (non-hydrogen) atoms. The van der Waals surface area contributed by atoms with Gasteiger partial charge >= 0.3 is 0 Å². The maximum atomic E-state index is 2.88. The van der Waals surface area contributed by atoms with Gasteiger partial charge in [-0.15, -0.1) is 0 Å². The zero-order valence-corrected chi connectivity index (χ0v) is 15.4. The third-order valence-electron chi connectivity index (χ3n) is 2.76. The molecule has 92 valence electrons. The van der Waals surface area contributed by atoms with Crippen LogP contribution in [0.1, 0.15) is 0 Å². The van der Waals surface area contributed by atoms with Gasteiger partial charge in [-0.05, 0) is 19.6 Å². The van der Waals surface area contributed by atoms with E-state index < -0.39 is 24.7 Å². The molecule has 0 aliphatic heterocycles. The lowest BCUT2D eigenvalue weighted by Crippen LogP contribution is -3.27. The van der Waals surface area contributed by atoms with Crippen molar-refractivity contribution in [2.75, 3.05) is 7.05 Å². The van der Waals surface area contributed by atoms with Crippen molar-refractivity contribution in [1.29, 1.82) is 0 Å². The lowest BCUT2D eigenvalue weighted by Gasteiger charge is -2.49. The summed E-state index contributed by atoms with van der Waals surface area (Å²) in [7, 11) is -1.14. The summed E-state index contributed by atoms with van der Waals surface area (Å²) in [5.41, 5.74) is 0. The molecule has 0 heterocycles. The first-order valence-electron chi connectivity index (χ1n) is 5.92. The van der Waals surface area contributed by atoms with Crippen LogP contribution in [0.25, 0.3) is 0 Å². The van der Waals surface area contributed by atoms with Crippen LogP contribution in [0.3, 0.4) is 0 Å². The summed E-state index contributed by atoms with van der Waals surface area (Å²) in [5, 5.41) is 0. The van der Waals surface area contributed by atoms with E-state index in [1.165, 1.54) is 0 Å². The first kappa shape index (κ1) is 15.6. The molecule has 0 rings (SSSR count). The van der Waals surface area contributed by atoms with Gasteiger partial charge in [0.1, 0.15) is 0 Å². The second-order valence-corrected chi connectivity index (χ2v) is 22.8. The number of hydrogen-bond acceptors (Lipinski definition) is 1. The number of hydrogen-bond donors (Lipinski definition) is 1. The van der Waals surface area contributed by atoms with Gasteiger partial charge in [0, 0.05) is 0 Å². The van der Waals surface area contributed by atoms with Gasteiger partial charge in [0.25, 0.3) is 8.24 Å². The van der Waals surface area contributed by atoms with Crippen molar-refractivity contribution in [3.05, 3.63) is 0 Å². The SMILES string of the molecule is C[NH+](N([Si](C)(C)C)[Si](C)(C)C)[Si](C)(C)C. The molecule has 5 heteroatoms. The van der Waals surface area contributed by atoms with E-state index in [9.17, 15) is 0 Å². The number of rotatable bonds is 4. The summed E-state index contributed by atoms with van der Waals surface area (Å²) >= 11 is 0. The third-order valence-corrected chi connectivity index (χ3v) is 13.0. The van der Waals surface area contributed by atoms with Crippen molar-refractivity contribution in [2.24, 2.45) is 0 Å². The topological polar surface area (TPSA) is 7.68 Å². The molecule has 0 amide bonds. The molecule has 0 radical (unpaired) electrons. The minimum absolute atomic E-state index is 1.13. The molecular weight excluding hydrogens is 232 g/mol. The molecule has 0 saturated heterocycles. The van der Waals surface area contributed by atoms with E-state index in [0.717, 1.165) is 0 Å². The predicted octanol–water partition coefficient (Wildman–Crippen LogP) is 2.22. The summed E-state index contributed by atoms with van der Waals surface area (Å²) in [6.07, 6.45) is 0. The van der Waals surface area contributed by atoms with Crippen LogP contribution >= 0.6 is 0 Å². The maximum absolute atomic E-state index is 2.88. The van der Waals surface area contributed by atoms with E-state index in [2.05, 4.69) is 70.3 Å². The summed E-state index contributed by atoms with van der Waals surface area (Å²) in [4.78, 5) is 0. The summed E-state index contributed by atoms with van der Waals surface area (Å²) in [6, 6.07) is 0. The van der Waals surface area contributed by atoms with E-state index in [1.807, 2.05) is 0 Å². The Morgan fingerprint density at radius 1 is 0.667 bits per heavy atom. The van der Waals surface area contributed by atoms with Crippen molar-refractivity contribution in [1.82, 2.24) is 4.34 Å². The molecule has 0 aromatic carbocycles. The van der Waals surface area contributed by atoms with Crippen LogP contribution < -0.4 is 4.67 Å². The molecule has 0 saturated carbocycles. The second kappa shape index (κ2) is 4.44. The van der Waals surface area contributed by atoms with Crippen LogP contribution in [-0.4, -0.2) is 36.1 Å². The van der Waals surface area contributed by atoms with E-state index in [-0.39, 0.29) is 0 Å². The van der Waals surface area contributed by atoms with Gasteiger partial charge in [-0.1, -0.05) is 39.3 Å². The monoisotopic (exact) mass is 263 g/mol. The fourth-order valence-electron chi connectivity index (χ4n) is 2.35. The highest BCUT2D eigenvalue weighted by atomic mass is 28.4. The van der Waals surface area contributed by atoms with Crippen LogP contribution in [-0.2, 0) is 0 Å². The van der Waals surface area contributed by atoms with Gasteiger partial charge in [0.05, 0.1) is 7.05 Å². The highest BCUT2D eigenvalue weighted by Crippen LogP contribution is 2.15. The lowest BCUT2D eigenvalue weighted by molar-refractivity contribution is -0.871. The van der Waals surface area contributed by atoms with Crippen LogP contribution in [0.2, 0.25) is 58.9 Å². The second-order valence-electron chi connectivity index (χ2n) is 7.51. The first-order valence-corrected chi connectivity index (χ1v) is 16.3. The van der Waals surface area contributed by atoms with Crippen LogP contribution in [0.5, 0.6) is 0 Å². The zero-order chi connectivity index (χ0) is 12.7. The summed E-state index contributed by atoms with van der Waals surface area (Å²) in [6.45, 7) is 22.3. The standard InChI is InChI=1S/C10H30N2Si3/c1-11(13(2,3)4)12(14(5,6)7)15(8,9)10/h1-10H3/p+1. The van der Waals surface area contributed by atoms with Gasteiger partial charge in [0.15, 0.2) is 16.5 Å². The molecular formula is C10H31N2Si3+. The van der Waals surface area contributed by atoms with Crippen molar-refractivity contribution < 1.29 is 4.67 Å². The Labute approximate surface area is 99.9 Å². The van der Waals surface area contributed by atoms with Crippen molar-refractivity contribution >= 4 is 24.7 Å². The number of quaternary nitrogens is 1. The average molecular weight is 264 g/mol. The minimum atomic E-state index is -1.20. The van der Waals surface area contributed by atoms with E-state index >= 15 is 0 Å². The van der Waals surface area contributed by atoms with Crippen LogP contribution in [0.15, 0.2) is 0 Å². The van der Waals surface area contributed by atoms with E-state index in [0.29, 0.717) is 0 Å². The number of nitrogens with zero attached hydrogens (tertiary/aromatic N) is 1. The van der Waals surface area contributed by atoms with Crippen LogP contribution in [0, 0.1) is 0 Å². The largest absolute Gasteiger partial charge is 0.329 e. The average Bonchev–Trinajstić information content (AvgIpc) is 1.76. The Balaban J connectivity index is 5.16. The smallest absolute Gasteiger partial charge is 0.292 e. The van der Waals surface area contributed by atoms with Gasteiger partial charge in [-0.25, -0.2) is 4.34 Å². The fourth-order valence-corrected chi connectivity index (χ4v) is 17.1. The molecule has 0 aromatic heterocycles. The van der Waals surface area contributed by atoms with Crippen molar-refractivity contribution in [3.63, 3.8) is 0 Å². The molecule has 0 aromatic rings.